The van der Waals surface area contributed by atoms with Crippen LogP contribution in [0.1, 0.15) is 28.4 Å². The fourth-order valence-electron chi connectivity index (χ4n) is 3.72. The van der Waals surface area contributed by atoms with Crippen molar-refractivity contribution in [3.63, 3.8) is 0 Å². The van der Waals surface area contributed by atoms with Gasteiger partial charge in [0.2, 0.25) is 5.91 Å². The molecule has 0 heterocycles. The van der Waals surface area contributed by atoms with Crippen LogP contribution in [-0.2, 0) is 9.59 Å². The Kier molecular flexibility index (Phi) is 9.78. The average Bonchev–Trinajstić information content (AvgIpc) is 2.96. The quantitative estimate of drug-likeness (QED) is 0.147. The SMILES string of the molecule is Cc1ccccc1/C=C(\NC(=O)c1ccccc1)C(=O)Nc1ccc(SC(C)C(=O)Nc2ccccc2Cl)cc1. The number of carbonyl (C=O) groups excluding carboxylic acids is 3. The lowest BCUT2D eigenvalue weighted by atomic mass is 10.1. The van der Waals surface area contributed by atoms with Crippen LogP contribution in [0.2, 0.25) is 5.02 Å². The second-order valence-corrected chi connectivity index (χ2v) is 10.8. The first-order valence-corrected chi connectivity index (χ1v) is 13.8. The van der Waals surface area contributed by atoms with Crippen molar-refractivity contribution in [1.82, 2.24) is 5.32 Å². The van der Waals surface area contributed by atoms with E-state index in [0.717, 1.165) is 16.0 Å². The van der Waals surface area contributed by atoms with Crippen LogP contribution in [0, 0.1) is 6.92 Å². The highest BCUT2D eigenvalue weighted by atomic mass is 35.5. The zero-order valence-corrected chi connectivity index (χ0v) is 23.6. The van der Waals surface area contributed by atoms with Gasteiger partial charge in [0.05, 0.1) is 16.0 Å². The zero-order chi connectivity index (χ0) is 28.5. The van der Waals surface area contributed by atoms with Gasteiger partial charge in [-0.1, -0.05) is 66.2 Å². The van der Waals surface area contributed by atoms with Gasteiger partial charge >= 0.3 is 0 Å². The molecule has 6 nitrogen and oxygen atoms in total. The van der Waals surface area contributed by atoms with E-state index in [4.69, 9.17) is 11.6 Å². The molecule has 0 saturated carbocycles. The van der Waals surface area contributed by atoms with E-state index in [-0.39, 0.29) is 22.8 Å². The van der Waals surface area contributed by atoms with Crippen LogP contribution in [0.5, 0.6) is 0 Å². The Morgan fingerprint density at radius 2 is 1.45 bits per heavy atom. The van der Waals surface area contributed by atoms with E-state index in [2.05, 4.69) is 16.0 Å². The molecule has 0 fully saturated rings. The Bertz CT molecular complexity index is 1540. The fourth-order valence-corrected chi connectivity index (χ4v) is 4.77. The molecule has 0 radical (unpaired) electrons. The van der Waals surface area contributed by atoms with Gasteiger partial charge < -0.3 is 16.0 Å². The van der Waals surface area contributed by atoms with E-state index in [0.29, 0.717) is 22.0 Å². The molecule has 0 spiro atoms. The number of anilines is 2. The number of benzene rings is 4. The van der Waals surface area contributed by atoms with Gasteiger partial charge in [0.1, 0.15) is 5.70 Å². The molecular formula is C32H28ClN3O3S. The fraction of sp³-hybridized carbons (Fsp3) is 0.0938. The molecule has 0 saturated heterocycles. The van der Waals surface area contributed by atoms with Gasteiger partial charge in [0.15, 0.2) is 0 Å². The maximum absolute atomic E-state index is 13.3. The van der Waals surface area contributed by atoms with E-state index in [1.165, 1.54) is 11.8 Å². The van der Waals surface area contributed by atoms with Crippen molar-refractivity contribution < 1.29 is 14.4 Å². The normalized spacial score (nSPS) is 11.8. The Morgan fingerprint density at radius 3 is 2.15 bits per heavy atom. The minimum Gasteiger partial charge on any atom is -0.324 e. The van der Waals surface area contributed by atoms with Crippen LogP contribution in [0.25, 0.3) is 6.08 Å². The number of carbonyl (C=O) groups is 3. The molecule has 1 atom stereocenters. The first kappa shape index (κ1) is 28.7. The van der Waals surface area contributed by atoms with Crippen molar-refractivity contribution >= 4 is 58.5 Å². The largest absolute Gasteiger partial charge is 0.324 e. The molecule has 0 aliphatic heterocycles. The third kappa shape index (κ3) is 7.85. The van der Waals surface area contributed by atoms with Crippen molar-refractivity contribution in [3.8, 4) is 0 Å². The third-order valence-corrected chi connectivity index (χ3v) is 7.38. The number of halogens is 1. The number of rotatable bonds is 9. The number of thioether (sulfide) groups is 1. The molecular weight excluding hydrogens is 542 g/mol. The highest BCUT2D eigenvalue weighted by Gasteiger charge is 2.17. The predicted molar refractivity (Wildman–Crippen MR) is 164 cm³/mol. The van der Waals surface area contributed by atoms with Gasteiger partial charge in [-0.25, -0.2) is 0 Å². The first-order chi connectivity index (χ1) is 19.3. The van der Waals surface area contributed by atoms with Gasteiger partial charge in [-0.15, -0.1) is 11.8 Å². The summed E-state index contributed by atoms with van der Waals surface area (Å²) in [6.45, 7) is 3.75. The summed E-state index contributed by atoms with van der Waals surface area (Å²) >= 11 is 7.53. The minimum absolute atomic E-state index is 0.117. The monoisotopic (exact) mass is 569 g/mol. The summed E-state index contributed by atoms with van der Waals surface area (Å²) in [6, 6.07) is 30.6. The van der Waals surface area contributed by atoms with Crippen molar-refractivity contribution in [3.05, 3.63) is 131 Å². The summed E-state index contributed by atoms with van der Waals surface area (Å²) in [4.78, 5) is 39.6. The Labute approximate surface area is 242 Å². The second-order valence-electron chi connectivity index (χ2n) is 8.94. The molecule has 4 aromatic rings. The van der Waals surface area contributed by atoms with E-state index < -0.39 is 5.91 Å². The van der Waals surface area contributed by atoms with Crippen molar-refractivity contribution in [1.29, 1.82) is 0 Å². The summed E-state index contributed by atoms with van der Waals surface area (Å²) in [5.74, 6) is -1.01. The molecule has 3 N–H and O–H groups in total. The number of para-hydroxylation sites is 1. The van der Waals surface area contributed by atoms with Crippen LogP contribution >= 0.6 is 23.4 Å². The first-order valence-electron chi connectivity index (χ1n) is 12.6. The Hall–Kier alpha value is -4.33. The van der Waals surface area contributed by atoms with Gasteiger partial charge in [-0.3, -0.25) is 14.4 Å². The molecule has 4 rings (SSSR count). The van der Waals surface area contributed by atoms with Crippen LogP contribution in [0.4, 0.5) is 11.4 Å². The summed E-state index contributed by atoms with van der Waals surface area (Å²) in [7, 11) is 0. The molecule has 4 aromatic carbocycles. The summed E-state index contributed by atoms with van der Waals surface area (Å²) < 4.78 is 0. The molecule has 8 heteroatoms. The number of hydrogen-bond donors (Lipinski definition) is 3. The van der Waals surface area contributed by atoms with E-state index in [1.54, 1.807) is 66.7 Å². The average molecular weight is 570 g/mol. The molecule has 0 bridgehead atoms. The van der Waals surface area contributed by atoms with Gasteiger partial charge in [0, 0.05) is 16.1 Å². The molecule has 0 aliphatic carbocycles. The van der Waals surface area contributed by atoms with Crippen LogP contribution < -0.4 is 16.0 Å². The smallest absolute Gasteiger partial charge is 0.272 e. The van der Waals surface area contributed by atoms with Gasteiger partial charge in [-0.2, -0.15) is 0 Å². The summed E-state index contributed by atoms with van der Waals surface area (Å²) in [6.07, 6.45) is 1.66. The van der Waals surface area contributed by atoms with Crippen molar-refractivity contribution in [2.75, 3.05) is 10.6 Å². The molecule has 40 heavy (non-hydrogen) atoms. The maximum atomic E-state index is 13.3. The number of nitrogens with one attached hydrogen (secondary N) is 3. The van der Waals surface area contributed by atoms with Crippen LogP contribution in [0.15, 0.2) is 114 Å². The Morgan fingerprint density at radius 1 is 0.800 bits per heavy atom. The maximum Gasteiger partial charge on any atom is 0.272 e. The Balaban J connectivity index is 1.44. The number of amides is 3. The number of hydrogen-bond acceptors (Lipinski definition) is 4. The third-order valence-electron chi connectivity index (χ3n) is 5.94. The lowest BCUT2D eigenvalue weighted by Crippen LogP contribution is -2.30. The predicted octanol–water partition coefficient (Wildman–Crippen LogP) is 7.18. The van der Waals surface area contributed by atoms with Crippen molar-refractivity contribution in [2.45, 2.75) is 24.0 Å². The van der Waals surface area contributed by atoms with Gasteiger partial charge in [-0.05, 0) is 79.6 Å². The van der Waals surface area contributed by atoms with Crippen molar-refractivity contribution in [2.24, 2.45) is 0 Å². The summed E-state index contributed by atoms with van der Waals surface area (Å²) in [5.41, 5.74) is 3.46. The zero-order valence-electron chi connectivity index (χ0n) is 22.0. The van der Waals surface area contributed by atoms with Gasteiger partial charge in [0.25, 0.3) is 11.8 Å². The van der Waals surface area contributed by atoms with E-state index in [9.17, 15) is 14.4 Å². The lowest BCUT2D eigenvalue weighted by Gasteiger charge is -2.14. The molecule has 202 valence electrons. The molecule has 0 aliphatic rings. The molecule has 1 unspecified atom stereocenters. The van der Waals surface area contributed by atoms with E-state index in [1.807, 2.05) is 56.3 Å². The standard InChI is InChI=1S/C32H28ClN3O3S/c1-21-10-6-7-13-24(21)20-29(36-31(38)23-11-4-3-5-12-23)32(39)34-25-16-18-26(19-17-25)40-22(2)30(37)35-28-15-9-8-14-27(28)33/h3-20,22H,1-2H3,(H,34,39)(H,35,37)(H,36,38)/b29-20-. The summed E-state index contributed by atoms with van der Waals surface area (Å²) in [5, 5.41) is 8.55. The minimum atomic E-state index is -0.458. The molecule has 3 amide bonds. The molecule has 0 aromatic heterocycles. The highest BCUT2D eigenvalue weighted by molar-refractivity contribution is 8.00. The second kappa shape index (κ2) is 13.6. The van der Waals surface area contributed by atoms with Crippen LogP contribution in [0.3, 0.4) is 0 Å². The number of aryl methyl sites for hydroxylation is 1. The lowest BCUT2D eigenvalue weighted by molar-refractivity contribution is -0.115. The van der Waals surface area contributed by atoms with Crippen LogP contribution in [-0.4, -0.2) is 23.0 Å². The highest BCUT2D eigenvalue weighted by Crippen LogP contribution is 2.27. The van der Waals surface area contributed by atoms with E-state index >= 15 is 0 Å². The topological polar surface area (TPSA) is 87.3 Å².